The van der Waals surface area contributed by atoms with Crippen LogP contribution >= 0.6 is 11.6 Å². The summed E-state index contributed by atoms with van der Waals surface area (Å²) >= 11 is 5.93. The van der Waals surface area contributed by atoms with Crippen molar-refractivity contribution in [2.75, 3.05) is 11.9 Å². The third kappa shape index (κ3) is 4.14. The van der Waals surface area contributed by atoms with E-state index in [4.69, 9.17) is 16.3 Å². The van der Waals surface area contributed by atoms with Gasteiger partial charge in [0.25, 0.3) is 0 Å². The third-order valence-corrected chi connectivity index (χ3v) is 3.14. The molecule has 0 atom stereocenters. The lowest BCUT2D eigenvalue weighted by atomic mass is 10.2. The maximum Gasteiger partial charge on any atom is 0.130 e. The molecule has 2 aromatic rings. The first-order chi connectivity index (χ1) is 9.69. The topological polar surface area (TPSA) is 34.2 Å². The van der Waals surface area contributed by atoms with E-state index >= 15 is 0 Å². The zero-order valence-electron chi connectivity index (χ0n) is 11.8. The van der Waals surface area contributed by atoms with Crippen molar-refractivity contribution in [3.63, 3.8) is 0 Å². The monoisotopic (exact) mass is 290 g/mol. The zero-order chi connectivity index (χ0) is 14.4. The number of pyridine rings is 1. The van der Waals surface area contributed by atoms with E-state index in [1.165, 1.54) is 0 Å². The Morgan fingerprint density at radius 2 is 2.10 bits per heavy atom. The quantitative estimate of drug-likeness (QED) is 0.854. The molecule has 1 aromatic heterocycles. The molecule has 0 aliphatic carbocycles. The molecule has 0 bridgehead atoms. The first-order valence-electron chi connectivity index (χ1n) is 6.77. The smallest absolute Gasteiger partial charge is 0.130 e. The van der Waals surface area contributed by atoms with Gasteiger partial charge in [-0.25, -0.2) is 0 Å². The van der Waals surface area contributed by atoms with Crippen LogP contribution in [0.5, 0.6) is 5.75 Å². The highest BCUT2D eigenvalue weighted by molar-refractivity contribution is 6.30. The van der Waals surface area contributed by atoms with Gasteiger partial charge >= 0.3 is 0 Å². The van der Waals surface area contributed by atoms with Crippen LogP contribution in [0.1, 0.15) is 24.6 Å². The van der Waals surface area contributed by atoms with Crippen LogP contribution in [0.15, 0.2) is 36.5 Å². The molecule has 2 rings (SSSR count). The largest absolute Gasteiger partial charge is 0.487 e. The predicted octanol–water partition coefficient (Wildman–Crippen LogP) is 4.44. The normalized spacial score (nSPS) is 10.3. The molecule has 0 aliphatic rings. The van der Waals surface area contributed by atoms with Gasteiger partial charge in [0.15, 0.2) is 0 Å². The van der Waals surface area contributed by atoms with Crippen LogP contribution in [0.4, 0.5) is 5.69 Å². The summed E-state index contributed by atoms with van der Waals surface area (Å²) in [7, 11) is 0. The molecule has 0 radical (unpaired) electrons. The Bertz CT molecular complexity index is 572. The van der Waals surface area contributed by atoms with Gasteiger partial charge in [0, 0.05) is 23.5 Å². The van der Waals surface area contributed by atoms with Crippen LogP contribution in [0.25, 0.3) is 0 Å². The Morgan fingerprint density at radius 1 is 1.25 bits per heavy atom. The van der Waals surface area contributed by atoms with Crippen LogP contribution in [0, 0.1) is 6.92 Å². The number of benzene rings is 1. The van der Waals surface area contributed by atoms with Gasteiger partial charge in [0.1, 0.15) is 12.4 Å². The minimum Gasteiger partial charge on any atom is -0.487 e. The average Bonchev–Trinajstić information content (AvgIpc) is 2.45. The van der Waals surface area contributed by atoms with Gasteiger partial charge in [0.2, 0.25) is 0 Å². The highest BCUT2D eigenvalue weighted by Crippen LogP contribution is 2.22. The summed E-state index contributed by atoms with van der Waals surface area (Å²) in [4.78, 5) is 4.32. The number of halogens is 1. The number of rotatable bonds is 6. The predicted molar refractivity (Wildman–Crippen MR) is 83.5 cm³/mol. The lowest BCUT2D eigenvalue weighted by molar-refractivity contribution is 0.299. The van der Waals surface area contributed by atoms with Crippen LogP contribution in [0.3, 0.4) is 0 Å². The summed E-state index contributed by atoms with van der Waals surface area (Å²) in [6, 6.07) is 9.59. The molecule has 1 N–H and O–H groups in total. The van der Waals surface area contributed by atoms with Crippen molar-refractivity contribution in [2.24, 2.45) is 0 Å². The van der Waals surface area contributed by atoms with E-state index in [0.717, 1.165) is 40.7 Å². The molecule has 1 aromatic carbocycles. The van der Waals surface area contributed by atoms with Crippen molar-refractivity contribution in [3.8, 4) is 5.75 Å². The standard InChI is InChI=1S/C16H19ClN2O/c1-3-7-18-14-6-8-19-15(10-14)11-20-16-5-4-13(17)9-12(16)2/h4-6,8-10H,3,7,11H2,1-2H3,(H,18,19). The van der Waals surface area contributed by atoms with Crippen LogP contribution in [-0.2, 0) is 6.61 Å². The van der Waals surface area contributed by atoms with E-state index in [1.807, 2.05) is 37.3 Å². The average molecular weight is 291 g/mol. The zero-order valence-corrected chi connectivity index (χ0v) is 12.6. The molecule has 0 saturated heterocycles. The molecule has 0 fully saturated rings. The molecule has 3 nitrogen and oxygen atoms in total. The Morgan fingerprint density at radius 3 is 2.85 bits per heavy atom. The van der Waals surface area contributed by atoms with Crippen molar-refractivity contribution in [1.29, 1.82) is 0 Å². The van der Waals surface area contributed by atoms with Crippen molar-refractivity contribution in [1.82, 2.24) is 4.98 Å². The van der Waals surface area contributed by atoms with E-state index in [9.17, 15) is 0 Å². The number of nitrogens with zero attached hydrogens (tertiary/aromatic N) is 1. The second-order valence-electron chi connectivity index (χ2n) is 4.66. The Balaban J connectivity index is 1.99. The van der Waals surface area contributed by atoms with E-state index < -0.39 is 0 Å². The Labute approximate surface area is 124 Å². The number of aryl methyl sites for hydroxylation is 1. The van der Waals surface area contributed by atoms with Crippen molar-refractivity contribution in [2.45, 2.75) is 26.9 Å². The number of hydrogen-bond donors (Lipinski definition) is 1. The van der Waals surface area contributed by atoms with Gasteiger partial charge in [-0.05, 0) is 49.2 Å². The highest BCUT2D eigenvalue weighted by Gasteiger charge is 2.02. The minimum atomic E-state index is 0.449. The number of hydrogen-bond acceptors (Lipinski definition) is 3. The van der Waals surface area contributed by atoms with Gasteiger partial charge in [0.05, 0.1) is 5.69 Å². The third-order valence-electron chi connectivity index (χ3n) is 2.91. The summed E-state index contributed by atoms with van der Waals surface area (Å²) in [5.74, 6) is 0.836. The summed E-state index contributed by atoms with van der Waals surface area (Å²) in [6.07, 6.45) is 2.89. The summed E-state index contributed by atoms with van der Waals surface area (Å²) in [5, 5.41) is 4.06. The second kappa shape index (κ2) is 7.15. The fraction of sp³-hybridized carbons (Fsp3) is 0.312. The molecule has 0 spiro atoms. The van der Waals surface area contributed by atoms with Gasteiger partial charge in [-0.15, -0.1) is 0 Å². The van der Waals surface area contributed by atoms with E-state index in [1.54, 1.807) is 6.20 Å². The lowest BCUT2D eigenvalue weighted by Crippen LogP contribution is -2.03. The van der Waals surface area contributed by atoms with E-state index in [2.05, 4.69) is 17.2 Å². The van der Waals surface area contributed by atoms with Gasteiger partial charge < -0.3 is 10.1 Å². The Kier molecular flexibility index (Phi) is 5.24. The highest BCUT2D eigenvalue weighted by atomic mass is 35.5. The fourth-order valence-electron chi connectivity index (χ4n) is 1.86. The van der Waals surface area contributed by atoms with Crippen molar-refractivity contribution in [3.05, 3.63) is 52.8 Å². The number of aromatic nitrogens is 1. The maximum absolute atomic E-state index is 5.93. The summed E-state index contributed by atoms with van der Waals surface area (Å²) < 4.78 is 5.79. The summed E-state index contributed by atoms with van der Waals surface area (Å²) in [6.45, 7) is 5.53. The molecular formula is C16H19ClN2O. The van der Waals surface area contributed by atoms with Gasteiger partial charge in [-0.1, -0.05) is 18.5 Å². The SMILES string of the molecule is CCCNc1ccnc(COc2ccc(Cl)cc2C)c1. The van der Waals surface area contributed by atoms with Gasteiger partial charge in [-0.3, -0.25) is 4.98 Å². The molecule has 20 heavy (non-hydrogen) atoms. The van der Waals surface area contributed by atoms with Crippen molar-refractivity contribution >= 4 is 17.3 Å². The fourth-order valence-corrected chi connectivity index (χ4v) is 2.09. The van der Waals surface area contributed by atoms with Gasteiger partial charge in [-0.2, -0.15) is 0 Å². The number of nitrogens with one attached hydrogen (secondary N) is 1. The maximum atomic E-state index is 5.93. The number of ether oxygens (including phenoxy) is 1. The first-order valence-corrected chi connectivity index (χ1v) is 7.14. The molecule has 0 unspecified atom stereocenters. The molecular weight excluding hydrogens is 272 g/mol. The second-order valence-corrected chi connectivity index (χ2v) is 5.10. The Hall–Kier alpha value is -1.74. The molecule has 0 amide bonds. The van der Waals surface area contributed by atoms with Crippen LogP contribution in [-0.4, -0.2) is 11.5 Å². The van der Waals surface area contributed by atoms with Crippen molar-refractivity contribution < 1.29 is 4.74 Å². The molecule has 0 aliphatic heterocycles. The summed E-state index contributed by atoms with van der Waals surface area (Å²) in [5.41, 5.74) is 3.01. The molecule has 4 heteroatoms. The molecule has 106 valence electrons. The first kappa shape index (κ1) is 14.7. The minimum absolute atomic E-state index is 0.449. The van der Waals surface area contributed by atoms with Crippen LogP contribution < -0.4 is 10.1 Å². The molecule has 1 heterocycles. The lowest BCUT2D eigenvalue weighted by Gasteiger charge is -2.10. The van der Waals surface area contributed by atoms with E-state index in [0.29, 0.717) is 6.61 Å². The number of anilines is 1. The van der Waals surface area contributed by atoms with Crippen LogP contribution in [0.2, 0.25) is 5.02 Å². The molecule has 0 saturated carbocycles. The van der Waals surface area contributed by atoms with E-state index in [-0.39, 0.29) is 0 Å².